The Balaban J connectivity index is 2.55. The number of hydrogen-bond donors (Lipinski definition) is 0. The van der Waals surface area contributed by atoms with Crippen molar-refractivity contribution in [1.82, 2.24) is 0 Å². The lowest BCUT2D eigenvalue weighted by Gasteiger charge is -2.35. The Morgan fingerprint density at radius 1 is 0.692 bits per heavy atom. The quantitative estimate of drug-likeness (QED) is 0.194. The van der Waals surface area contributed by atoms with Gasteiger partial charge in [0, 0.05) is 30.9 Å². The van der Waals surface area contributed by atoms with E-state index >= 15 is 0 Å². The van der Waals surface area contributed by atoms with Gasteiger partial charge in [0.1, 0.15) is 11.5 Å². The van der Waals surface area contributed by atoms with E-state index in [9.17, 15) is 4.79 Å². The molecule has 6 nitrogen and oxygen atoms in total. The Morgan fingerprint density at radius 2 is 1.13 bits per heavy atom. The molecule has 0 spiro atoms. The summed E-state index contributed by atoms with van der Waals surface area (Å²) in [6.07, 6.45) is 0.884. The fourth-order valence-electron chi connectivity index (χ4n) is 4.67. The Bertz CT molecular complexity index is 1230. The number of para-hydroxylation sites is 1. The molecule has 0 atom stereocenters. The molecule has 0 saturated carbocycles. The molecule has 0 saturated heterocycles. The van der Waals surface area contributed by atoms with E-state index in [-0.39, 0.29) is 24.4 Å². The van der Waals surface area contributed by atoms with Gasteiger partial charge in [0.05, 0.1) is 17.1 Å². The molecule has 0 N–H and O–H groups in total. The minimum absolute atomic E-state index is 0.0798. The van der Waals surface area contributed by atoms with Crippen LogP contribution in [0.2, 0.25) is 0 Å². The summed E-state index contributed by atoms with van der Waals surface area (Å²) >= 11 is 0. The smallest absolute Gasteiger partial charge is 0.188 e. The minimum Gasteiger partial charge on any atom is -0.465 e. The largest absolute Gasteiger partial charge is 0.465 e. The summed E-state index contributed by atoms with van der Waals surface area (Å²) in [6.45, 7) is 17.3. The van der Waals surface area contributed by atoms with Gasteiger partial charge in [0.25, 0.3) is 0 Å². The van der Waals surface area contributed by atoms with Crippen LogP contribution in [0, 0.1) is 13.8 Å². The number of carbonyl (C=O) groups is 1. The first-order chi connectivity index (χ1) is 18.3. The zero-order valence-electron chi connectivity index (χ0n) is 25.1. The van der Waals surface area contributed by atoms with Crippen LogP contribution in [0.1, 0.15) is 74.2 Å². The maximum absolute atomic E-state index is 12.4. The number of aldehydes is 1. The maximum Gasteiger partial charge on any atom is 0.188 e. The molecule has 0 aromatic heterocycles. The highest BCUT2D eigenvalue weighted by atomic mass is 16.7. The fraction of sp³-hybridized carbons (Fsp3) is 0.424. The van der Waals surface area contributed by atoms with Crippen LogP contribution < -0.4 is 14.4 Å². The van der Waals surface area contributed by atoms with Crippen LogP contribution in [0.15, 0.2) is 48.5 Å². The number of aryl methyl sites for hydroxylation is 2. The maximum atomic E-state index is 12.4. The van der Waals surface area contributed by atoms with Gasteiger partial charge in [-0.15, -0.1) is 0 Å². The Labute approximate surface area is 233 Å². The van der Waals surface area contributed by atoms with E-state index in [1.54, 1.807) is 14.2 Å². The fourth-order valence-corrected chi connectivity index (χ4v) is 4.67. The van der Waals surface area contributed by atoms with E-state index in [1.807, 2.05) is 24.3 Å². The number of ether oxygens (including phenoxy) is 4. The van der Waals surface area contributed by atoms with E-state index in [1.165, 1.54) is 0 Å². The summed E-state index contributed by atoms with van der Waals surface area (Å²) in [5.74, 6) is 1.37. The lowest BCUT2D eigenvalue weighted by atomic mass is 9.84. The number of methoxy groups -OCH3 is 2. The highest BCUT2D eigenvalue weighted by Gasteiger charge is 2.31. The van der Waals surface area contributed by atoms with Crippen molar-refractivity contribution in [2.45, 2.75) is 66.2 Å². The van der Waals surface area contributed by atoms with Crippen molar-refractivity contribution >= 4 is 23.3 Å². The van der Waals surface area contributed by atoms with Gasteiger partial charge in [-0.1, -0.05) is 65.8 Å². The predicted octanol–water partition coefficient (Wildman–Crippen LogP) is 8.15. The summed E-state index contributed by atoms with van der Waals surface area (Å²) in [4.78, 5) is 14.4. The lowest BCUT2D eigenvalue weighted by molar-refractivity contribution is 0.0498. The highest BCUT2D eigenvalue weighted by molar-refractivity contribution is 5.93. The molecule has 0 bridgehead atoms. The molecule has 210 valence electrons. The number of nitrogens with zero attached hydrogens (tertiary/aromatic N) is 1. The predicted molar refractivity (Wildman–Crippen MR) is 158 cm³/mol. The topological polar surface area (TPSA) is 57.2 Å². The van der Waals surface area contributed by atoms with Gasteiger partial charge in [0.2, 0.25) is 0 Å². The zero-order chi connectivity index (χ0) is 29.0. The molecular weight excluding hydrogens is 490 g/mol. The minimum atomic E-state index is -0.224. The van der Waals surface area contributed by atoms with Gasteiger partial charge in [0.15, 0.2) is 19.9 Å². The lowest BCUT2D eigenvalue weighted by Crippen LogP contribution is -2.22. The molecule has 6 heteroatoms. The zero-order valence-corrected chi connectivity index (χ0v) is 25.1. The summed E-state index contributed by atoms with van der Waals surface area (Å²) in [5.41, 5.74) is 6.60. The molecule has 3 rings (SSSR count). The molecule has 0 radical (unpaired) electrons. The molecular formula is C33H43NO5. The number of rotatable bonds is 10. The third-order valence-corrected chi connectivity index (χ3v) is 6.47. The van der Waals surface area contributed by atoms with Gasteiger partial charge in [-0.05, 0) is 60.1 Å². The van der Waals surface area contributed by atoms with Crippen molar-refractivity contribution < 1.29 is 23.7 Å². The molecule has 39 heavy (non-hydrogen) atoms. The van der Waals surface area contributed by atoms with Gasteiger partial charge in [-0.25, -0.2) is 0 Å². The number of carbonyl (C=O) groups excluding carboxylic acids is 1. The molecule has 0 fully saturated rings. The number of anilines is 3. The van der Waals surface area contributed by atoms with E-state index in [4.69, 9.17) is 18.9 Å². The van der Waals surface area contributed by atoms with Crippen molar-refractivity contribution in [3.63, 3.8) is 0 Å². The third-order valence-electron chi connectivity index (χ3n) is 6.47. The van der Waals surface area contributed by atoms with Crippen LogP contribution in [-0.2, 0) is 20.3 Å². The Morgan fingerprint density at radius 3 is 1.51 bits per heavy atom. The van der Waals surface area contributed by atoms with Crippen LogP contribution in [0.5, 0.6) is 11.5 Å². The first-order valence-electron chi connectivity index (χ1n) is 13.2. The molecule has 3 aromatic rings. The molecule has 0 aliphatic heterocycles. The van der Waals surface area contributed by atoms with Crippen molar-refractivity contribution in [3.8, 4) is 11.5 Å². The van der Waals surface area contributed by atoms with E-state index in [0.29, 0.717) is 22.7 Å². The number of hydrogen-bond acceptors (Lipinski definition) is 6. The van der Waals surface area contributed by atoms with Crippen LogP contribution in [0.25, 0.3) is 0 Å². The molecule has 0 aliphatic rings. The summed E-state index contributed by atoms with van der Waals surface area (Å²) in [7, 11) is 3.22. The Kier molecular flexibility index (Phi) is 9.47. The van der Waals surface area contributed by atoms with Crippen LogP contribution in [0.4, 0.5) is 17.1 Å². The Hall–Kier alpha value is -3.35. The normalized spacial score (nSPS) is 11.8. The summed E-state index contributed by atoms with van der Waals surface area (Å²) in [5, 5.41) is 0. The monoisotopic (exact) mass is 533 g/mol. The van der Waals surface area contributed by atoms with Crippen LogP contribution in [-0.4, -0.2) is 34.1 Å². The molecule has 0 heterocycles. The van der Waals surface area contributed by atoms with Crippen molar-refractivity contribution in [1.29, 1.82) is 0 Å². The van der Waals surface area contributed by atoms with Gasteiger partial charge in [-0.2, -0.15) is 0 Å². The second-order valence-electron chi connectivity index (χ2n) is 11.9. The molecule has 3 aromatic carbocycles. The second kappa shape index (κ2) is 12.2. The summed E-state index contributed by atoms with van der Waals surface area (Å²) < 4.78 is 23.4. The van der Waals surface area contributed by atoms with Crippen LogP contribution >= 0.6 is 0 Å². The molecule has 0 unspecified atom stereocenters. The first-order valence-corrected chi connectivity index (χ1v) is 13.2. The van der Waals surface area contributed by atoms with Crippen molar-refractivity contribution in [2.75, 3.05) is 32.7 Å². The SMILES string of the molecule is COCOc1c(N(c2ccccc2C=O)c2cc(C)cc(C(C)(C)C)c2OCOC)cc(C)cc1C(C)(C)C. The van der Waals surface area contributed by atoms with Gasteiger partial charge in [-0.3, -0.25) is 4.79 Å². The first kappa shape index (κ1) is 30.2. The molecule has 0 aliphatic carbocycles. The van der Waals surface area contributed by atoms with E-state index in [0.717, 1.165) is 39.9 Å². The van der Waals surface area contributed by atoms with E-state index in [2.05, 4.69) is 84.6 Å². The van der Waals surface area contributed by atoms with Crippen molar-refractivity contribution in [3.05, 3.63) is 76.3 Å². The number of benzene rings is 3. The summed E-state index contributed by atoms with van der Waals surface area (Å²) in [6, 6.07) is 16.0. The molecule has 0 amide bonds. The standard InChI is InChI=1S/C33H43NO5/c1-22-15-25(32(3,4)5)30(38-20-36-9)28(17-22)34(27-14-12-11-13-24(27)19-35)29-18-23(2)16-26(33(6,7)8)31(29)39-21-37-10/h11-19H,20-21H2,1-10H3. The third kappa shape index (κ3) is 6.81. The average molecular weight is 534 g/mol. The second-order valence-corrected chi connectivity index (χ2v) is 11.9. The van der Waals surface area contributed by atoms with Crippen molar-refractivity contribution in [2.24, 2.45) is 0 Å². The van der Waals surface area contributed by atoms with Gasteiger partial charge >= 0.3 is 0 Å². The van der Waals surface area contributed by atoms with Crippen LogP contribution in [0.3, 0.4) is 0 Å². The average Bonchev–Trinajstić information content (AvgIpc) is 2.86. The highest BCUT2D eigenvalue weighted by Crippen LogP contribution is 2.51. The van der Waals surface area contributed by atoms with Gasteiger partial charge < -0.3 is 23.8 Å². The van der Waals surface area contributed by atoms with E-state index < -0.39 is 0 Å².